The van der Waals surface area contributed by atoms with Gasteiger partial charge in [0.1, 0.15) is 0 Å². The summed E-state index contributed by atoms with van der Waals surface area (Å²) in [7, 11) is 0. The van der Waals surface area contributed by atoms with Crippen molar-refractivity contribution in [2.45, 2.75) is 67.2 Å². The van der Waals surface area contributed by atoms with Crippen LogP contribution in [0.3, 0.4) is 0 Å². The Bertz CT molecular complexity index is 361. The van der Waals surface area contributed by atoms with Crippen LogP contribution < -0.4 is 0 Å². The van der Waals surface area contributed by atoms with E-state index < -0.39 is 0 Å². The minimum Gasteiger partial charge on any atom is -0.0707 e. The van der Waals surface area contributed by atoms with E-state index in [0.717, 1.165) is 6.42 Å². The predicted molar refractivity (Wildman–Crippen MR) is 78.1 cm³/mol. The lowest BCUT2D eigenvalue weighted by Crippen LogP contribution is -2.19. The minimum atomic E-state index is 0.360. The van der Waals surface area contributed by atoms with Crippen LogP contribution in [0.2, 0.25) is 0 Å². The second-order valence-electron chi connectivity index (χ2n) is 6.08. The Hall–Kier alpha value is -0.780. The first-order valence-electron chi connectivity index (χ1n) is 6.93. The molecule has 1 rings (SSSR count). The van der Waals surface area contributed by atoms with Gasteiger partial charge in [0.15, 0.2) is 0 Å². The van der Waals surface area contributed by atoms with Crippen molar-refractivity contribution in [3.8, 4) is 0 Å². The maximum Gasteiger partial charge on any atom is -0.0104 e. The largest absolute Gasteiger partial charge is 0.0707 e. The fourth-order valence-corrected chi connectivity index (χ4v) is 2.64. The summed E-state index contributed by atoms with van der Waals surface area (Å²) in [5, 5.41) is 0. The maximum absolute atomic E-state index is 2.38. The fourth-order valence-electron chi connectivity index (χ4n) is 2.64. The van der Waals surface area contributed by atoms with Gasteiger partial charge in [-0.05, 0) is 57.4 Å². The molecule has 0 amide bonds. The molecule has 0 aromatic rings. The second-order valence-corrected chi connectivity index (χ2v) is 6.08. The monoisotopic (exact) mass is 232 g/mol. The first-order valence-corrected chi connectivity index (χ1v) is 6.93. The van der Waals surface area contributed by atoms with Crippen LogP contribution >= 0.6 is 0 Å². The third-order valence-electron chi connectivity index (χ3n) is 4.25. The molecule has 0 fully saturated rings. The standard InChI is InChI=1S/C17H28/c1-7-13(2)14(3)10-11-16-15(4)9-8-12-17(16,5)6/h10-11H,7-9,12H2,1-6H3/b11-10+,14-13-. The van der Waals surface area contributed by atoms with Gasteiger partial charge in [0.05, 0.1) is 0 Å². The molecule has 0 aliphatic heterocycles. The predicted octanol–water partition coefficient (Wildman–Crippen LogP) is 5.82. The number of hydrogen-bond donors (Lipinski definition) is 0. The van der Waals surface area contributed by atoms with E-state index in [0.29, 0.717) is 5.41 Å². The van der Waals surface area contributed by atoms with Crippen LogP contribution in [0.5, 0.6) is 0 Å². The van der Waals surface area contributed by atoms with Gasteiger partial charge < -0.3 is 0 Å². The summed E-state index contributed by atoms with van der Waals surface area (Å²) in [4.78, 5) is 0. The molecule has 96 valence electrons. The molecule has 0 nitrogen and oxygen atoms in total. The molecular weight excluding hydrogens is 204 g/mol. The van der Waals surface area contributed by atoms with Crippen molar-refractivity contribution in [1.29, 1.82) is 0 Å². The molecule has 0 spiro atoms. The van der Waals surface area contributed by atoms with Gasteiger partial charge in [0, 0.05) is 0 Å². The van der Waals surface area contributed by atoms with Crippen molar-refractivity contribution >= 4 is 0 Å². The minimum absolute atomic E-state index is 0.360. The number of hydrogen-bond acceptors (Lipinski definition) is 0. The number of rotatable bonds is 3. The zero-order valence-electron chi connectivity index (χ0n) is 12.5. The maximum atomic E-state index is 2.38. The molecule has 1 aliphatic carbocycles. The summed E-state index contributed by atoms with van der Waals surface area (Å²) < 4.78 is 0. The van der Waals surface area contributed by atoms with Crippen molar-refractivity contribution < 1.29 is 0 Å². The van der Waals surface area contributed by atoms with Crippen molar-refractivity contribution in [1.82, 2.24) is 0 Å². The highest BCUT2D eigenvalue weighted by Gasteiger charge is 2.26. The van der Waals surface area contributed by atoms with Crippen LogP contribution in [0.4, 0.5) is 0 Å². The smallest absolute Gasteiger partial charge is 0.0104 e. The molecule has 0 unspecified atom stereocenters. The van der Waals surface area contributed by atoms with E-state index in [4.69, 9.17) is 0 Å². The molecule has 0 heteroatoms. The molecule has 0 saturated carbocycles. The Morgan fingerprint density at radius 1 is 1.29 bits per heavy atom. The summed E-state index contributed by atoms with van der Waals surface area (Å²) in [6, 6.07) is 0. The molecule has 17 heavy (non-hydrogen) atoms. The third-order valence-corrected chi connectivity index (χ3v) is 4.25. The fraction of sp³-hybridized carbons (Fsp3) is 0.647. The molecular formula is C17H28. The van der Waals surface area contributed by atoms with Gasteiger partial charge in [-0.1, -0.05) is 49.6 Å². The normalized spacial score (nSPS) is 22.0. The quantitative estimate of drug-likeness (QED) is 0.538. The highest BCUT2D eigenvalue weighted by molar-refractivity contribution is 5.36. The van der Waals surface area contributed by atoms with Crippen LogP contribution in [0, 0.1) is 5.41 Å². The van der Waals surface area contributed by atoms with Gasteiger partial charge in [-0.3, -0.25) is 0 Å². The molecule has 0 atom stereocenters. The molecule has 0 radical (unpaired) electrons. The second kappa shape index (κ2) is 5.71. The lowest BCUT2D eigenvalue weighted by Gasteiger charge is -2.33. The van der Waals surface area contributed by atoms with E-state index in [9.17, 15) is 0 Å². The van der Waals surface area contributed by atoms with Gasteiger partial charge >= 0.3 is 0 Å². The van der Waals surface area contributed by atoms with E-state index in [1.807, 2.05) is 0 Å². The Morgan fingerprint density at radius 2 is 1.94 bits per heavy atom. The van der Waals surface area contributed by atoms with E-state index in [-0.39, 0.29) is 0 Å². The first kappa shape index (κ1) is 14.3. The lowest BCUT2D eigenvalue weighted by atomic mass is 9.72. The van der Waals surface area contributed by atoms with Crippen molar-refractivity contribution in [2.24, 2.45) is 5.41 Å². The van der Waals surface area contributed by atoms with Gasteiger partial charge in [-0.25, -0.2) is 0 Å². The van der Waals surface area contributed by atoms with Gasteiger partial charge in [-0.15, -0.1) is 0 Å². The Labute approximate surface area is 108 Å². The average molecular weight is 232 g/mol. The van der Waals surface area contributed by atoms with E-state index >= 15 is 0 Å². The highest BCUT2D eigenvalue weighted by Crippen LogP contribution is 2.40. The average Bonchev–Trinajstić information content (AvgIpc) is 2.26. The van der Waals surface area contributed by atoms with Gasteiger partial charge in [-0.2, -0.15) is 0 Å². The SMILES string of the molecule is CC/C(C)=C(C)\C=C\C1=C(C)CCCC1(C)C. The van der Waals surface area contributed by atoms with Crippen LogP contribution in [-0.2, 0) is 0 Å². The van der Waals surface area contributed by atoms with Crippen LogP contribution in [0.15, 0.2) is 34.4 Å². The number of allylic oxidation sites excluding steroid dienone is 6. The Morgan fingerprint density at radius 3 is 2.47 bits per heavy atom. The summed E-state index contributed by atoms with van der Waals surface area (Å²) >= 11 is 0. The van der Waals surface area contributed by atoms with Crippen LogP contribution in [0.25, 0.3) is 0 Å². The Balaban J connectivity index is 2.97. The molecule has 0 aromatic carbocycles. The van der Waals surface area contributed by atoms with Crippen molar-refractivity contribution in [2.75, 3.05) is 0 Å². The van der Waals surface area contributed by atoms with E-state index in [1.165, 1.54) is 30.4 Å². The molecule has 0 aromatic heterocycles. The lowest BCUT2D eigenvalue weighted by molar-refractivity contribution is 0.377. The van der Waals surface area contributed by atoms with Gasteiger partial charge in [0.2, 0.25) is 0 Å². The molecule has 0 heterocycles. The highest BCUT2D eigenvalue weighted by atomic mass is 14.3. The third kappa shape index (κ3) is 3.59. The van der Waals surface area contributed by atoms with Crippen LogP contribution in [0.1, 0.15) is 67.2 Å². The first-order chi connectivity index (χ1) is 7.88. The molecule has 0 N–H and O–H groups in total. The van der Waals surface area contributed by atoms with Gasteiger partial charge in [0.25, 0.3) is 0 Å². The summed E-state index contributed by atoms with van der Waals surface area (Å²) in [6.07, 6.45) is 9.77. The molecule has 0 saturated heterocycles. The Kier molecular flexibility index (Phi) is 4.80. The zero-order chi connectivity index (χ0) is 13.1. The molecule has 0 bridgehead atoms. The van der Waals surface area contributed by atoms with Crippen molar-refractivity contribution in [3.05, 3.63) is 34.4 Å². The summed E-state index contributed by atoms with van der Waals surface area (Å²) in [5.74, 6) is 0. The molecule has 1 aliphatic rings. The summed E-state index contributed by atoms with van der Waals surface area (Å²) in [5.41, 5.74) is 6.42. The van der Waals surface area contributed by atoms with E-state index in [1.54, 1.807) is 11.1 Å². The zero-order valence-corrected chi connectivity index (χ0v) is 12.5. The van der Waals surface area contributed by atoms with Crippen molar-refractivity contribution in [3.63, 3.8) is 0 Å². The summed E-state index contributed by atoms with van der Waals surface area (Å²) in [6.45, 7) is 13.7. The van der Waals surface area contributed by atoms with Crippen LogP contribution in [-0.4, -0.2) is 0 Å². The topological polar surface area (TPSA) is 0 Å². The van der Waals surface area contributed by atoms with E-state index in [2.05, 4.69) is 53.7 Å².